The minimum atomic E-state index is -1.58. The van der Waals surface area contributed by atoms with Crippen molar-refractivity contribution in [1.29, 1.82) is 0 Å². The lowest BCUT2D eigenvalue weighted by Crippen LogP contribution is -2.60. The van der Waals surface area contributed by atoms with Gasteiger partial charge in [0.15, 0.2) is 11.5 Å². The van der Waals surface area contributed by atoms with E-state index in [-0.39, 0.29) is 21.0 Å². The van der Waals surface area contributed by atoms with E-state index in [1.165, 1.54) is 20.3 Å². The normalized spacial score (nSPS) is 28.2. The fraction of sp³-hybridized carbons (Fsp3) is 0.471. The summed E-state index contributed by atoms with van der Waals surface area (Å²) in [5.41, 5.74) is 0.606. The largest absolute Gasteiger partial charge is 0.493 e. The lowest BCUT2D eigenvalue weighted by molar-refractivity contribution is -0.277. The minimum Gasteiger partial charge on any atom is -0.493 e. The van der Waals surface area contributed by atoms with Gasteiger partial charge in [-0.05, 0) is 23.8 Å². The Balaban J connectivity index is 2.35. The number of ether oxygens (including phenoxy) is 4. The Morgan fingerprint density at radius 2 is 1.74 bits per heavy atom. The van der Waals surface area contributed by atoms with Crippen molar-refractivity contribution in [2.24, 2.45) is 0 Å². The molecule has 2 rings (SSSR count). The quantitative estimate of drug-likeness (QED) is 0.231. The van der Waals surface area contributed by atoms with Gasteiger partial charge in [-0.3, -0.25) is 4.79 Å². The van der Waals surface area contributed by atoms with Gasteiger partial charge in [0.05, 0.1) is 20.8 Å². The summed E-state index contributed by atoms with van der Waals surface area (Å²) >= 11 is 1.64. The molecule has 1 heterocycles. The molecule has 1 saturated heterocycles. The molecule has 1 aliphatic rings. The topological polar surface area (TPSA) is 135 Å². The predicted molar refractivity (Wildman–Crippen MR) is 102 cm³/mol. The van der Waals surface area contributed by atoms with Gasteiger partial charge in [-0.2, -0.15) is 0 Å². The molecule has 1 aromatic rings. The third-order valence-corrected chi connectivity index (χ3v) is 4.33. The Bertz CT molecular complexity index is 666. The summed E-state index contributed by atoms with van der Waals surface area (Å²) in [5, 5.41) is 39.1. The third-order valence-electron chi connectivity index (χ3n) is 3.97. The number of aliphatic hydroxyl groups excluding tert-OH is 4. The molecule has 0 bridgehead atoms. The lowest BCUT2D eigenvalue weighted by atomic mass is 9.99. The Morgan fingerprint density at radius 1 is 1.15 bits per heavy atom. The van der Waals surface area contributed by atoms with Crippen LogP contribution in [-0.4, -0.2) is 75.7 Å². The van der Waals surface area contributed by atoms with E-state index in [1.807, 2.05) is 0 Å². The number of rotatable bonds is 7. The SMILES string of the molecule is COc1cc(C=CC(=O)I)cc(OC)c1O[C@H]1O[C@H](CO)[C@@H](O)[C@H](O)[C@@H]1O. The molecule has 0 radical (unpaired) electrons. The molecule has 27 heavy (non-hydrogen) atoms. The molecule has 0 aromatic heterocycles. The van der Waals surface area contributed by atoms with Crippen LogP contribution in [0.3, 0.4) is 0 Å². The zero-order chi connectivity index (χ0) is 20.1. The Hall–Kier alpha value is -1.44. The highest BCUT2D eigenvalue weighted by atomic mass is 127. The van der Waals surface area contributed by atoms with Crippen molar-refractivity contribution in [3.05, 3.63) is 23.8 Å². The molecule has 0 amide bonds. The zero-order valence-corrected chi connectivity index (χ0v) is 16.8. The average Bonchev–Trinajstić information content (AvgIpc) is 2.66. The molecule has 1 fully saturated rings. The summed E-state index contributed by atoms with van der Waals surface area (Å²) < 4.78 is 21.4. The Labute approximate surface area is 169 Å². The summed E-state index contributed by atoms with van der Waals surface area (Å²) in [5.74, 6) is 0.543. The number of carbonyl (C=O) groups is 1. The highest BCUT2D eigenvalue weighted by Gasteiger charge is 2.45. The van der Waals surface area contributed by atoms with Gasteiger partial charge >= 0.3 is 0 Å². The second kappa shape index (κ2) is 9.66. The van der Waals surface area contributed by atoms with Crippen molar-refractivity contribution in [3.63, 3.8) is 0 Å². The van der Waals surface area contributed by atoms with Crippen molar-refractivity contribution in [2.45, 2.75) is 30.7 Å². The van der Waals surface area contributed by atoms with Gasteiger partial charge in [0.1, 0.15) is 24.4 Å². The van der Waals surface area contributed by atoms with Crippen LogP contribution >= 0.6 is 22.6 Å². The number of hydrogen-bond donors (Lipinski definition) is 4. The molecule has 1 aromatic carbocycles. The average molecular weight is 496 g/mol. The molecule has 0 saturated carbocycles. The van der Waals surface area contributed by atoms with Crippen molar-refractivity contribution in [2.75, 3.05) is 20.8 Å². The number of benzene rings is 1. The van der Waals surface area contributed by atoms with Gasteiger partial charge < -0.3 is 39.4 Å². The van der Waals surface area contributed by atoms with E-state index >= 15 is 0 Å². The van der Waals surface area contributed by atoms with Crippen LogP contribution in [0.25, 0.3) is 6.08 Å². The first-order valence-electron chi connectivity index (χ1n) is 7.93. The summed E-state index contributed by atoms with van der Waals surface area (Å²) in [6.07, 6.45) is -4.21. The monoisotopic (exact) mass is 496 g/mol. The van der Waals surface area contributed by atoms with E-state index in [2.05, 4.69) is 0 Å². The summed E-state index contributed by atoms with van der Waals surface area (Å²) in [7, 11) is 2.79. The van der Waals surface area contributed by atoms with E-state index in [0.717, 1.165) is 0 Å². The van der Waals surface area contributed by atoms with Gasteiger partial charge in [-0.1, -0.05) is 6.08 Å². The summed E-state index contributed by atoms with van der Waals surface area (Å²) in [6.45, 7) is -0.576. The minimum absolute atomic E-state index is 0.0854. The number of aliphatic hydroxyl groups is 4. The van der Waals surface area contributed by atoms with Crippen LogP contribution in [0.4, 0.5) is 0 Å². The van der Waals surface area contributed by atoms with Crippen LogP contribution in [0.15, 0.2) is 18.2 Å². The maximum absolute atomic E-state index is 11.1. The fourth-order valence-electron chi connectivity index (χ4n) is 2.56. The van der Waals surface area contributed by atoms with Gasteiger partial charge in [-0.25, -0.2) is 0 Å². The first-order valence-corrected chi connectivity index (χ1v) is 9.01. The van der Waals surface area contributed by atoms with Gasteiger partial charge in [-0.15, -0.1) is 0 Å². The third kappa shape index (κ3) is 5.09. The molecule has 0 aliphatic carbocycles. The second-order valence-corrected chi connectivity index (χ2v) is 6.77. The molecule has 5 atom stereocenters. The van der Waals surface area contributed by atoms with Crippen LogP contribution in [0.1, 0.15) is 5.56 Å². The number of halogens is 1. The molecule has 1 aliphatic heterocycles. The number of methoxy groups -OCH3 is 2. The standard InChI is InChI=1S/C17H21IO9/c1-24-9-5-8(3-4-12(18)20)6-10(25-2)16(9)27-17-15(23)14(22)13(21)11(7-19)26-17/h3-6,11,13-15,17,19,21-23H,7H2,1-2H3/t11-,13-,14+,15+,17-/m1/s1. The predicted octanol–water partition coefficient (Wildman–Crippen LogP) is -0.143. The van der Waals surface area contributed by atoms with E-state index in [4.69, 9.17) is 18.9 Å². The molecule has 4 N–H and O–H groups in total. The van der Waals surface area contributed by atoms with Crippen molar-refractivity contribution >= 4 is 32.5 Å². The van der Waals surface area contributed by atoms with E-state index in [9.17, 15) is 25.2 Å². The maximum atomic E-state index is 11.1. The first kappa shape index (κ1) is 21.9. The van der Waals surface area contributed by atoms with Crippen LogP contribution in [-0.2, 0) is 9.53 Å². The number of carbonyl (C=O) groups excluding carboxylic acids is 1. The molecule has 0 spiro atoms. The van der Waals surface area contributed by atoms with Crippen LogP contribution in [0.5, 0.6) is 17.2 Å². The molecule has 10 heteroatoms. The highest BCUT2D eigenvalue weighted by Crippen LogP contribution is 2.40. The van der Waals surface area contributed by atoms with Crippen molar-refractivity contribution < 1.29 is 44.2 Å². The smallest absolute Gasteiger partial charge is 0.229 e. The van der Waals surface area contributed by atoms with E-state index in [1.54, 1.807) is 40.8 Å². The summed E-state index contributed by atoms with van der Waals surface area (Å²) in [6, 6.07) is 3.16. The fourth-order valence-corrected chi connectivity index (χ4v) is 2.73. The zero-order valence-electron chi connectivity index (χ0n) is 14.6. The molecular formula is C17H21IO9. The van der Waals surface area contributed by atoms with Crippen molar-refractivity contribution in [3.8, 4) is 17.2 Å². The Morgan fingerprint density at radius 3 is 2.22 bits per heavy atom. The highest BCUT2D eigenvalue weighted by molar-refractivity contribution is 14.1. The Kier molecular flexibility index (Phi) is 7.82. The van der Waals surface area contributed by atoms with E-state index in [0.29, 0.717) is 5.56 Å². The van der Waals surface area contributed by atoms with Crippen LogP contribution in [0, 0.1) is 0 Å². The van der Waals surface area contributed by atoms with Gasteiger partial charge in [0.25, 0.3) is 0 Å². The molecule has 0 unspecified atom stereocenters. The van der Waals surface area contributed by atoms with Gasteiger partial charge in [0, 0.05) is 22.6 Å². The van der Waals surface area contributed by atoms with Crippen LogP contribution in [0.2, 0.25) is 0 Å². The maximum Gasteiger partial charge on any atom is 0.229 e. The first-order chi connectivity index (χ1) is 12.8. The number of hydrogen-bond acceptors (Lipinski definition) is 9. The summed E-state index contributed by atoms with van der Waals surface area (Å²) in [4.78, 5) is 11.1. The molecule has 150 valence electrons. The second-order valence-electron chi connectivity index (χ2n) is 5.71. The lowest BCUT2D eigenvalue weighted by Gasteiger charge is -2.39. The van der Waals surface area contributed by atoms with Crippen molar-refractivity contribution in [1.82, 2.24) is 0 Å². The molecular weight excluding hydrogens is 475 g/mol. The van der Waals surface area contributed by atoms with E-state index < -0.39 is 37.3 Å². The number of allylic oxidation sites excluding steroid dienone is 1. The van der Waals surface area contributed by atoms with Crippen LogP contribution < -0.4 is 14.2 Å². The van der Waals surface area contributed by atoms with Gasteiger partial charge in [0.2, 0.25) is 15.8 Å². The molecule has 9 nitrogen and oxygen atoms in total.